The molecule has 1 saturated heterocycles. The molecule has 1 atom stereocenters. The zero-order valence-corrected chi connectivity index (χ0v) is 12.4. The molecule has 0 radical (unpaired) electrons. The Hall–Kier alpha value is -2.03. The lowest BCUT2D eigenvalue weighted by Crippen LogP contribution is -2.41. The maximum absolute atomic E-state index is 12.4. The summed E-state index contributed by atoms with van der Waals surface area (Å²) in [5.41, 5.74) is 1.15. The molecule has 0 bridgehead atoms. The Bertz CT molecular complexity index is 569. The maximum atomic E-state index is 12.4. The summed E-state index contributed by atoms with van der Waals surface area (Å²) in [6.45, 7) is 1.41. The fraction of sp³-hybridized carbons (Fsp3) is 0.667. The van der Waals surface area contributed by atoms with Crippen molar-refractivity contribution >= 4 is 6.03 Å². The maximum Gasteiger partial charge on any atom is 0.317 e. The minimum absolute atomic E-state index is 0.00873. The smallest absolute Gasteiger partial charge is 0.317 e. The summed E-state index contributed by atoms with van der Waals surface area (Å²) in [6.07, 6.45) is 8.47. The first-order chi connectivity index (χ1) is 10.1. The lowest BCUT2D eigenvalue weighted by atomic mass is 10.0. The number of amides is 2. The molecule has 6 heteroatoms. The highest BCUT2D eigenvalue weighted by molar-refractivity contribution is 5.75. The summed E-state index contributed by atoms with van der Waals surface area (Å²) in [7, 11) is 1.89. The third kappa shape index (κ3) is 2.87. The molecule has 0 unspecified atom stereocenters. The number of urea groups is 1. The molecule has 1 aliphatic carbocycles. The predicted molar refractivity (Wildman–Crippen MR) is 77.2 cm³/mol. The van der Waals surface area contributed by atoms with Gasteiger partial charge in [-0.1, -0.05) is 0 Å². The first-order valence-corrected chi connectivity index (χ1v) is 7.53. The van der Waals surface area contributed by atoms with Crippen molar-refractivity contribution in [3.63, 3.8) is 0 Å². The normalized spacial score (nSPS) is 22.9. The number of carbonyl (C=O) groups excluding carboxylic acids is 1. The average Bonchev–Trinajstić information content (AvgIpc) is 2.89. The Morgan fingerprint density at radius 2 is 2.43 bits per heavy atom. The predicted octanol–water partition coefficient (Wildman–Crippen LogP) is 1.96. The fourth-order valence-electron chi connectivity index (χ4n) is 3.09. The van der Waals surface area contributed by atoms with Crippen LogP contribution in [0, 0.1) is 16.7 Å². The molecule has 21 heavy (non-hydrogen) atoms. The second-order valence-corrected chi connectivity index (χ2v) is 6.29. The summed E-state index contributed by atoms with van der Waals surface area (Å²) in [5, 5.41) is 16.1. The number of nitrogens with zero attached hydrogens (tertiary/aromatic N) is 4. The van der Waals surface area contributed by atoms with E-state index in [4.69, 9.17) is 5.26 Å². The third-order valence-corrected chi connectivity index (χ3v) is 4.65. The Kier molecular flexibility index (Phi) is 3.58. The van der Waals surface area contributed by atoms with Crippen LogP contribution in [0.2, 0.25) is 0 Å². The van der Waals surface area contributed by atoms with Crippen LogP contribution in [0.25, 0.3) is 0 Å². The molecule has 0 spiro atoms. The summed E-state index contributed by atoms with van der Waals surface area (Å²) in [4.78, 5) is 14.3. The summed E-state index contributed by atoms with van der Waals surface area (Å²) in [6, 6.07) is 2.35. The molecule has 1 aromatic heterocycles. The van der Waals surface area contributed by atoms with Crippen LogP contribution in [-0.4, -0.2) is 33.8 Å². The molecule has 0 aromatic carbocycles. The molecule has 112 valence electrons. The van der Waals surface area contributed by atoms with Crippen LogP contribution >= 0.6 is 0 Å². The van der Waals surface area contributed by atoms with Gasteiger partial charge >= 0.3 is 6.03 Å². The summed E-state index contributed by atoms with van der Waals surface area (Å²) < 4.78 is 1.77. The van der Waals surface area contributed by atoms with Crippen molar-refractivity contribution in [3.8, 4) is 6.07 Å². The largest absolute Gasteiger partial charge is 0.337 e. The van der Waals surface area contributed by atoms with Gasteiger partial charge in [0.1, 0.15) is 0 Å². The van der Waals surface area contributed by atoms with E-state index in [2.05, 4.69) is 16.5 Å². The second kappa shape index (κ2) is 5.40. The molecule has 1 aromatic rings. The van der Waals surface area contributed by atoms with E-state index in [0.717, 1.165) is 37.8 Å². The number of hydrogen-bond donors (Lipinski definition) is 1. The molecule has 1 N–H and O–H groups in total. The van der Waals surface area contributed by atoms with Crippen LogP contribution < -0.4 is 5.32 Å². The highest BCUT2D eigenvalue weighted by Crippen LogP contribution is 2.48. The zero-order valence-electron chi connectivity index (χ0n) is 12.4. The van der Waals surface area contributed by atoms with E-state index in [1.165, 1.54) is 0 Å². The summed E-state index contributed by atoms with van der Waals surface area (Å²) in [5.74, 6) is 0. The second-order valence-electron chi connectivity index (χ2n) is 6.29. The van der Waals surface area contributed by atoms with Gasteiger partial charge < -0.3 is 10.2 Å². The van der Waals surface area contributed by atoms with Crippen LogP contribution in [0.15, 0.2) is 12.4 Å². The van der Waals surface area contributed by atoms with Gasteiger partial charge in [-0.2, -0.15) is 10.4 Å². The Morgan fingerprint density at radius 1 is 1.62 bits per heavy atom. The minimum Gasteiger partial charge on any atom is -0.337 e. The molecular formula is C15H21N5O. The third-order valence-electron chi connectivity index (χ3n) is 4.65. The van der Waals surface area contributed by atoms with Crippen molar-refractivity contribution in [2.45, 2.75) is 38.1 Å². The van der Waals surface area contributed by atoms with Gasteiger partial charge in [0.15, 0.2) is 0 Å². The van der Waals surface area contributed by atoms with Gasteiger partial charge in [-0.05, 0) is 25.7 Å². The molecule has 2 amide bonds. The molecule has 1 saturated carbocycles. The van der Waals surface area contributed by atoms with Crippen molar-refractivity contribution in [1.29, 1.82) is 5.26 Å². The van der Waals surface area contributed by atoms with Crippen molar-refractivity contribution in [3.05, 3.63) is 18.0 Å². The molecule has 6 nitrogen and oxygen atoms in total. The van der Waals surface area contributed by atoms with Gasteiger partial charge in [0.2, 0.25) is 0 Å². The Morgan fingerprint density at radius 3 is 3.05 bits per heavy atom. The van der Waals surface area contributed by atoms with Gasteiger partial charge in [0.25, 0.3) is 0 Å². The molecule has 2 heterocycles. The van der Waals surface area contributed by atoms with Crippen molar-refractivity contribution < 1.29 is 4.79 Å². The standard InChI is InChI=1S/C15H21N5O/c1-19-10-12(9-18-19)13-3-2-8-20(13)14(21)17-11-15(4-5-15)6-7-16/h9-10,13H,2-6,8,11H2,1H3,(H,17,21)/t13-/m1/s1. The number of nitrogens with one attached hydrogen (secondary N) is 1. The van der Waals surface area contributed by atoms with Gasteiger partial charge in [0, 0.05) is 43.7 Å². The minimum atomic E-state index is -0.00873. The van der Waals surface area contributed by atoms with Crippen LogP contribution in [0.1, 0.15) is 43.7 Å². The van der Waals surface area contributed by atoms with E-state index in [1.807, 2.05) is 24.3 Å². The molecule has 2 fully saturated rings. The van der Waals surface area contributed by atoms with E-state index in [-0.39, 0.29) is 17.5 Å². The van der Waals surface area contributed by atoms with E-state index in [1.54, 1.807) is 4.68 Å². The number of aromatic nitrogens is 2. The molecule has 1 aliphatic heterocycles. The lowest BCUT2D eigenvalue weighted by Gasteiger charge is -2.25. The quantitative estimate of drug-likeness (QED) is 0.920. The van der Waals surface area contributed by atoms with Crippen molar-refractivity contribution in [1.82, 2.24) is 20.0 Å². The Balaban J connectivity index is 1.60. The highest BCUT2D eigenvalue weighted by atomic mass is 16.2. The number of nitriles is 1. The van der Waals surface area contributed by atoms with Crippen LogP contribution in [-0.2, 0) is 7.05 Å². The zero-order chi connectivity index (χ0) is 14.9. The SMILES string of the molecule is Cn1cc([C@H]2CCCN2C(=O)NCC2(CC#N)CC2)cn1. The average molecular weight is 287 g/mol. The van der Waals surface area contributed by atoms with Gasteiger partial charge in [-0.3, -0.25) is 4.68 Å². The molecular weight excluding hydrogens is 266 g/mol. The lowest BCUT2D eigenvalue weighted by molar-refractivity contribution is 0.190. The fourth-order valence-corrected chi connectivity index (χ4v) is 3.09. The van der Waals surface area contributed by atoms with E-state index >= 15 is 0 Å². The van der Waals surface area contributed by atoms with Crippen molar-refractivity contribution in [2.24, 2.45) is 12.5 Å². The van der Waals surface area contributed by atoms with E-state index < -0.39 is 0 Å². The molecule has 3 rings (SSSR count). The van der Waals surface area contributed by atoms with Gasteiger partial charge in [-0.15, -0.1) is 0 Å². The van der Waals surface area contributed by atoms with Gasteiger partial charge in [0.05, 0.1) is 18.3 Å². The van der Waals surface area contributed by atoms with E-state index in [0.29, 0.717) is 13.0 Å². The number of aryl methyl sites for hydroxylation is 1. The number of carbonyl (C=O) groups is 1. The number of rotatable bonds is 4. The first kappa shape index (κ1) is 13.9. The monoisotopic (exact) mass is 287 g/mol. The van der Waals surface area contributed by atoms with Crippen LogP contribution in [0.3, 0.4) is 0 Å². The Labute approximate surface area is 124 Å². The van der Waals surface area contributed by atoms with Gasteiger partial charge in [-0.25, -0.2) is 4.79 Å². The number of hydrogen-bond acceptors (Lipinski definition) is 3. The summed E-state index contributed by atoms with van der Waals surface area (Å²) >= 11 is 0. The molecule has 2 aliphatic rings. The number of likely N-dealkylation sites (tertiary alicyclic amines) is 1. The first-order valence-electron chi connectivity index (χ1n) is 7.53. The topological polar surface area (TPSA) is 74.0 Å². The van der Waals surface area contributed by atoms with Crippen molar-refractivity contribution in [2.75, 3.05) is 13.1 Å². The van der Waals surface area contributed by atoms with Crippen LogP contribution in [0.5, 0.6) is 0 Å². The van der Waals surface area contributed by atoms with E-state index in [9.17, 15) is 4.79 Å². The highest BCUT2D eigenvalue weighted by Gasteiger charge is 2.43. The van der Waals surface area contributed by atoms with Crippen LogP contribution in [0.4, 0.5) is 4.79 Å².